The van der Waals surface area contributed by atoms with E-state index < -0.39 is 0 Å². The second-order valence-electron chi connectivity index (χ2n) is 12.0. The molecule has 0 aromatic heterocycles. The number of rotatable bonds is 35. The zero-order valence-corrected chi connectivity index (χ0v) is 29.0. The van der Waals surface area contributed by atoms with Gasteiger partial charge in [0.1, 0.15) is 6.29 Å². The Balaban J connectivity index is 4.04. The zero-order chi connectivity index (χ0) is 30.8. The van der Waals surface area contributed by atoms with Crippen LogP contribution in [0.25, 0.3) is 0 Å². The van der Waals surface area contributed by atoms with E-state index in [2.05, 4.69) is 23.5 Å². The van der Waals surface area contributed by atoms with E-state index in [1.807, 2.05) is 0 Å². The summed E-state index contributed by atoms with van der Waals surface area (Å²) in [7, 11) is 1.75. The summed E-state index contributed by atoms with van der Waals surface area (Å²) in [6, 6.07) is 0. The van der Waals surface area contributed by atoms with E-state index in [-0.39, 0.29) is 5.97 Å². The van der Waals surface area contributed by atoms with Crippen LogP contribution in [-0.2, 0) is 19.1 Å². The number of hydrogen-bond donors (Lipinski definition) is 1. The van der Waals surface area contributed by atoms with Gasteiger partial charge >= 0.3 is 5.97 Å². The monoisotopic (exact) mass is 615 g/mol. The van der Waals surface area contributed by atoms with Gasteiger partial charge in [0.15, 0.2) is 0 Å². The molecule has 0 saturated heterocycles. The van der Waals surface area contributed by atoms with Crippen LogP contribution in [0.4, 0.5) is 0 Å². The first-order valence-electron chi connectivity index (χ1n) is 17.8. The molecule has 0 fully saturated rings. The fraction of sp³-hybridized carbons (Fsp3) is 0.943. The molecule has 0 amide bonds. The third-order valence-electron chi connectivity index (χ3n) is 8.12. The first-order chi connectivity index (χ1) is 20.7. The molecule has 6 nitrogen and oxygen atoms in total. The van der Waals surface area contributed by atoms with Crippen molar-refractivity contribution in [2.45, 2.75) is 155 Å². The summed E-state index contributed by atoms with van der Waals surface area (Å²) in [5, 5.41) is 0. The van der Waals surface area contributed by atoms with Crippen molar-refractivity contribution in [3.63, 3.8) is 0 Å². The van der Waals surface area contributed by atoms with Crippen LogP contribution >= 0.6 is 11.9 Å². The lowest BCUT2D eigenvalue weighted by atomic mass is 9.92. The molecule has 0 atom stereocenters. The van der Waals surface area contributed by atoms with Crippen LogP contribution in [0.1, 0.15) is 155 Å². The Bertz CT molecular complexity index is 557. The molecule has 0 aliphatic rings. The number of ether oxygens (including phenoxy) is 2. The highest BCUT2D eigenvalue weighted by Crippen LogP contribution is 2.21. The number of carbonyl (C=O) groups excluding carboxylic acids is 2. The maximum Gasteiger partial charge on any atom is 0.305 e. The lowest BCUT2D eigenvalue weighted by Crippen LogP contribution is -2.29. The molecule has 0 rings (SSSR count). The number of aldehydes is 1. The molecule has 7 heteroatoms. The SMILES string of the molecule is CCCCCC(CCCCC)CCOC(=O)CCCCCCCN(CCCCCCCC=O)CCCNSCCOC. The maximum absolute atomic E-state index is 12.3. The number of carbonyl (C=O) groups is 2. The van der Waals surface area contributed by atoms with Crippen LogP contribution in [-0.4, -0.2) is 69.4 Å². The Morgan fingerprint density at radius 3 is 1.95 bits per heavy atom. The van der Waals surface area contributed by atoms with Gasteiger partial charge in [-0.05, 0) is 64.1 Å². The summed E-state index contributed by atoms with van der Waals surface area (Å²) < 4.78 is 14.2. The largest absolute Gasteiger partial charge is 0.466 e. The van der Waals surface area contributed by atoms with E-state index in [0.29, 0.717) is 19.4 Å². The quantitative estimate of drug-likeness (QED) is 0.0330. The lowest BCUT2D eigenvalue weighted by Gasteiger charge is -2.22. The number of nitrogens with zero attached hydrogens (tertiary/aromatic N) is 1. The van der Waals surface area contributed by atoms with E-state index >= 15 is 0 Å². The van der Waals surface area contributed by atoms with Crippen LogP contribution in [0.2, 0.25) is 0 Å². The molecular weight excluding hydrogens is 544 g/mol. The molecular formula is C35H70N2O4S. The van der Waals surface area contributed by atoms with Gasteiger partial charge in [0.2, 0.25) is 0 Å². The van der Waals surface area contributed by atoms with Crippen LogP contribution in [0.15, 0.2) is 0 Å². The Labute approximate surface area is 265 Å². The van der Waals surface area contributed by atoms with Crippen LogP contribution < -0.4 is 4.72 Å². The second-order valence-corrected chi connectivity index (χ2v) is 13.0. The summed E-state index contributed by atoms with van der Waals surface area (Å²) in [6.45, 7) is 10.4. The fourth-order valence-corrected chi connectivity index (χ4v) is 6.10. The van der Waals surface area contributed by atoms with Crippen molar-refractivity contribution in [1.29, 1.82) is 0 Å². The Morgan fingerprint density at radius 2 is 1.33 bits per heavy atom. The number of esters is 1. The fourth-order valence-electron chi connectivity index (χ4n) is 5.42. The summed E-state index contributed by atoms with van der Waals surface area (Å²) in [5.41, 5.74) is 0. The first-order valence-corrected chi connectivity index (χ1v) is 18.8. The molecule has 0 spiro atoms. The number of methoxy groups -OCH3 is 1. The zero-order valence-electron chi connectivity index (χ0n) is 28.1. The van der Waals surface area contributed by atoms with Crippen molar-refractivity contribution in [2.24, 2.45) is 5.92 Å². The molecule has 0 radical (unpaired) electrons. The van der Waals surface area contributed by atoms with Gasteiger partial charge in [-0.1, -0.05) is 116 Å². The van der Waals surface area contributed by atoms with Gasteiger partial charge in [0, 0.05) is 32.2 Å². The second kappa shape index (κ2) is 34.9. The Morgan fingerprint density at radius 1 is 0.738 bits per heavy atom. The minimum Gasteiger partial charge on any atom is -0.466 e. The summed E-state index contributed by atoms with van der Waals surface area (Å²) in [6.07, 6.45) is 26.6. The normalized spacial score (nSPS) is 11.5. The van der Waals surface area contributed by atoms with Crippen LogP contribution in [0.5, 0.6) is 0 Å². The topological polar surface area (TPSA) is 67.9 Å². The average molecular weight is 615 g/mol. The average Bonchev–Trinajstić information content (AvgIpc) is 2.99. The van der Waals surface area contributed by atoms with Gasteiger partial charge in [-0.3, -0.25) is 9.52 Å². The number of unbranched alkanes of at least 4 members (excludes halogenated alkanes) is 13. The minimum absolute atomic E-state index is 0.00203. The van der Waals surface area contributed by atoms with Gasteiger partial charge < -0.3 is 19.2 Å². The molecule has 0 saturated carbocycles. The van der Waals surface area contributed by atoms with Gasteiger partial charge in [0.25, 0.3) is 0 Å². The van der Waals surface area contributed by atoms with Crippen molar-refractivity contribution < 1.29 is 19.1 Å². The van der Waals surface area contributed by atoms with Crippen molar-refractivity contribution in [2.75, 3.05) is 52.3 Å². The molecule has 0 aromatic rings. The third kappa shape index (κ3) is 30.8. The highest BCUT2D eigenvalue weighted by Gasteiger charge is 2.11. The van der Waals surface area contributed by atoms with Gasteiger partial charge in [0.05, 0.1) is 13.2 Å². The summed E-state index contributed by atoms with van der Waals surface area (Å²) in [5.74, 6) is 1.71. The van der Waals surface area contributed by atoms with Crippen molar-refractivity contribution >= 4 is 24.2 Å². The number of hydrogen-bond acceptors (Lipinski definition) is 7. The van der Waals surface area contributed by atoms with E-state index in [0.717, 1.165) is 63.3 Å². The molecule has 0 aliphatic carbocycles. The predicted molar refractivity (Wildman–Crippen MR) is 182 cm³/mol. The smallest absolute Gasteiger partial charge is 0.305 e. The van der Waals surface area contributed by atoms with E-state index in [4.69, 9.17) is 9.47 Å². The van der Waals surface area contributed by atoms with Crippen molar-refractivity contribution in [1.82, 2.24) is 9.62 Å². The first kappa shape index (κ1) is 41.4. The summed E-state index contributed by atoms with van der Waals surface area (Å²) >= 11 is 1.75. The molecule has 42 heavy (non-hydrogen) atoms. The number of nitrogens with one attached hydrogen (secondary N) is 1. The van der Waals surface area contributed by atoms with Crippen LogP contribution in [0, 0.1) is 5.92 Å². The Kier molecular flexibility index (Phi) is 34.3. The highest BCUT2D eigenvalue weighted by molar-refractivity contribution is 7.97. The summed E-state index contributed by atoms with van der Waals surface area (Å²) in [4.78, 5) is 25.4. The maximum atomic E-state index is 12.3. The molecule has 0 aromatic carbocycles. The van der Waals surface area contributed by atoms with E-state index in [9.17, 15) is 9.59 Å². The molecule has 0 unspecified atom stereocenters. The van der Waals surface area contributed by atoms with Gasteiger partial charge in [-0.15, -0.1) is 0 Å². The lowest BCUT2D eigenvalue weighted by molar-refractivity contribution is -0.144. The molecule has 0 bridgehead atoms. The highest BCUT2D eigenvalue weighted by atomic mass is 32.2. The van der Waals surface area contributed by atoms with Crippen LogP contribution in [0.3, 0.4) is 0 Å². The molecule has 0 heterocycles. The van der Waals surface area contributed by atoms with Gasteiger partial charge in [-0.25, -0.2) is 0 Å². The minimum atomic E-state index is 0.00203. The molecule has 1 N–H and O–H groups in total. The van der Waals surface area contributed by atoms with Crippen molar-refractivity contribution in [3.8, 4) is 0 Å². The molecule has 250 valence electrons. The van der Waals surface area contributed by atoms with E-state index in [1.165, 1.54) is 116 Å². The predicted octanol–water partition coefficient (Wildman–Crippen LogP) is 9.15. The third-order valence-corrected chi connectivity index (χ3v) is 8.90. The molecule has 0 aliphatic heterocycles. The van der Waals surface area contributed by atoms with E-state index in [1.54, 1.807) is 19.1 Å². The van der Waals surface area contributed by atoms with Crippen molar-refractivity contribution in [3.05, 3.63) is 0 Å². The Hall–Kier alpha value is -0.630. The van der Waals surface area contributed by atoms with Gasteiger partial charge in [-0.2, -0.15) is 0 Å². The standard InChI is InChI=1S/C35H70N2O4S/c1-4-6-15-22-34(23-16-7-5-2)25-31-41-35(39)24-17-11-10-13-19-28-37(27-18-12-8-9-14-20-30-38)29-21-26-36-42-33-32-40-3/h30,34,36H,4-29,31-33H2,1-3H3.